The van der Waals surface area contributed by atoms with E-state index in [1.807, 2.05) is 6.92 Å². The van der Waals surface area contributed by atoms with Crippen molar-refractivity contribution < 1.29 is 19.7 Å². The molecule has 0 aliphatic carbocycles. The quantitative estimate of drug-likeness (QED) is 0.545. The Bertz CT molecular complexity index is 206. The van der Waals surface area contributed by atoms with E-state index in [0.717, 1.165) is 0 Å². The minimum Gasteiger partial charge on any atom is -0.391 e. The Kier molecular flexibility index (Phi) is 5.79. The molecule has 0 aromatic carbocycles. The molecule has 0 rings (SSSR count). The van der Waals surface area contributed by atoms with Crippen molar-refractivity contribution in [2.45, 2.75) is 39.4 Å². The van der Waals surface area contributed by atoms with E-state index < -0.39 is 23.5 Å². The number of aliphatic hydroxyl groups is 2. The predicted molar refractivity (Wildman–Crippen MR) is 56.1 cm³/mol. The van der Waals surface area contributed by atoms with Crippen LogP contribution in [0.25, 0.3) is 0 Å². The minimum absolute atomic E-state index is 0.175. The van der Waals surface area contributed by atoms with Gasteiger partial charge in [0.25, 0.3) is 0 Å². The summed E-state index contributed by atoms with van der Waals surface area (Å²) in [4.78, 5) is 10.8. The molecule has 2 unspecified atom stereocenters. The van der Waals surface area contributed by atoms with E-state index >= 15 is 0 Å². The number of hydrogen-bond donors (Lipinski definition) is 3. The molecule has 0 radical (unpaired) electrons. The summed E-state index contributed by atoms with van der Waals surface area (Å²) >= 11 is 0. The maximum Gasteiger partial charge on any atom is 0.246 e. The Morgan fingerprint density at radius 2 is 2.00 bits per heavy atom. The lowest BCUT2D eigenvalue weighted by Gasteiger charge is -2.28. The summed E-state index contributed by atoms with van der Waals surface area (Å²) in [5.74, 6) is -0.764. The average Bonchev–Trinajstić information content (AvgIpc) is 2.15. The minimum atomic E-state index is -1.24. The second-order valence-electron chi connectivity index (χ2n) is 4.37. The van der Waals surface area contributed by atoms with Crippen molar-refractivity contribution in [2.75, 3.05) is 13.2 Å². The molecule has 5 heteroatoms. The highest BCUT2D eigenvalue weighted by Crippen LogP contribution is 2.20. The van der Waals surface area contributed by atoms with Crippen LogP contribution in [-0.4, -0.2) is 41.5 Å². The van der Waals surface area contributed by atoms with Gasteiger partial charge in [0, 0.05) is 5.41 Å². The second-order valence-corrected chi connectivity index (χ2v) is 4.37. The lowest BCUT2D eigenvalue weighted by Crippen LogP contribution is -2.43. The van der Waals surface area contributed by atoms with E-state index in [-0.39, 0.29) is 13.2 Å². The zero-order valence-corrected chi connectivity index (χ0v) is 9.56. The number of amides is 1. The van der Waals surface area contributed by atoms with Gasteiger partial charge in [0.1, 0.15) is 6.10 Å². The molecule has 4 N–H and O–H groups in total. The Morgan fingerprint density at radius 3 is 2.40 bits per heavy atom. The molecule has 0 fully saturated rings. The van der Waals surface area contributed by atoms with Gasteiger partial charge in [-0.2, -0.15) is 0 Å². The number of ether oxygens (including phenoxy) is 1. The van der Waals surface area contributed by atoms with Gasteiger partial charge in [-0.25, -0.2) is 0 Å². The highest BCUT2D eigenvalue weighted by Gasteiger charge is 2.32. The first kappa shape index (κ1) is 14.3. The lowest BCUT2D eigenvalue weighted by atomic mass is 9.87. The van der Waals surface area contributed by atoms with E-state index in [9.17, 15) is 15.0 Å². The summed E-state index contributed by atoms with van der Waals surface area (Å²) in [5, 5.41) is 18.7. The van der Waals surface area contributed by atoms with E-state index in [2.05, 4.69) is 0 Å². The Morgan fingerprint density at radius 1 is 1.47 bits per heavy atom. The highest BCUT2D eigenvalue weighted by molar-refractivity contribution is 5.79. The van der Waals surface area contributed by atoms with Gasteiger partial charge in [0.2, 0.25) is 5.91 Å². The van der Waals surface area contributed by atoms with Crippen molar-refractivity contribution in [2.24, 2.45) is 11.1 Å². The summed E-state index contributed by atoms with van der Waals surface area (Å²) in [6.07, 6.45) is -1.14. The van der Waals surface area contributed by atoms with Gasteiger partial charge in [-0.1, -0.05) is 20.8 Å². The van der Waals surface area contributed by atoms with Crippen LogP contribution in [0.1, 0.15) is 27.2 Å². The molecule has 0 aromatic heterocycles. The first-order chi connectivity index (χ1) is 6.81. The molecule has 0 aromatic rings. The Balaban J connectivity index is 3.98. The number of carbonyl (C=O) groups excluding carboxylic acids is 1. The van der Waals surface area contributed by atoms with Crippen molar-refractivity contribution in [3.8, 4) is 0 Å². The zero-order chi connectivity index (χ0) is 12.1. The molecule has 0 saturated heterocycles. The third kappa shape index (κ3) is 5.11. The van der Waals surface area contributed by atoms with Crippen LogP contribution in [0, 0.1) is 5.41 Å². The summed E-state index contributed by atoms with van der Waals surface area (Å²) in [6, 6.07) is 0. The van der Waals surface area contributed by atoms with E-state index in [1.54, 1.807) is 13.8 Å². The average molecular weight is 219 g/mol. The van der Waals surface area contributed by atoms with Gasteiger partial charge in [-0.15, -0.1) is 0 Å². The summed E-state index contributed by atoms with van der Waals surface area (Å²) in [5.41, 5.74) is 4.25. The van der Waals surface area contributed by atoms with Gasteiger partial charge >= 0.3 is 0 Å². The van der Waals surface area contributed by atoms with Crippen LogP contribution >= 0.6 is 0 Å². The van der Waals surface area contributed by atoms with Crippen LogP contribution in [0.5, 0.6) is 0 Å². The fourth-order valence-electron chi connectivity index (χ4n) is 1.04. The highest BCUT2D eigenvalue weighted by atomic mass is 16.5. The fraction of sp³-hybridized carbons (Fsp3) is 0.900. The van der Waals surface area contributed by atoms with Crippen LogP contribution in [0.4, 0.5) is 0 Å². The molecular formula is C10H21NO4. The third-order valence-electron chi connectivity index (χ3n) is 2.27. The molecule has 0 aliphatic rings. The van der Waals surface area contributed by atoms with Gasteiger partial charge in [-0.3, -0.25) is 4.79 Å². The van der Waals surface area contributed by atoms with Crippen molar-refractivity contribution in [1.82, 2.24) is 0 Å². The Labute approximate surface area is 90.2 Å². The first-order valence-corrected chi connectivity index (χ1v) is 5.04. The third-order valence-corrected chi connectivity index (χ3v) is 2.27. The maximum absolute atomic E-state index is 10.8. The monoisotopic (exact) mass is 219 g/mol. The molecule has 0 spiro atoms. The van der Waals surface area contributed by atoms with E-state index in [4.69, 9.17) is 10.5 Å². The van der Waals surface area contributed by atoms with Gasteiger partial charge in [-0.05, 0) is 6.42 Å². The molecule has 0 bridgehead atoms. The number of aliphatic hydroxyl groups excluding tert-OH is 2. The van der Waals surface area contributed by atoms with Crippen LogP contribution in [0.3, 0.4) is 0 Å². The van der Waals surface area contributed by atoms with Crippen LogP contribution < -0.4 is 5.73 Å². The van der Waals surface area contributed by atoms with Gasteiger partial charge < -0.3 is 20.7 Å². The van der Waals surface area contributed by atoms with Crippen LogP contribution in [0.2, 0.25) is 0 Å². The topological polar surface area (TPSA) is 92.8 Å². The summed E-state index contributed by atoms with van der Waals surface area (Å²) < 4.78 is 5.20. The fourth-order valence-corrected chi connectivity index (χ4v) is 1.04. The standard InChI is InChI=1S/C10H21NO4/c1-4-7(12)5-15-6-10(2,3)8(13)9(11)14/h7-8,12-13H,4-6H2,1-3H3,(H2,11,14). The van der Waals surface area contributed by atoms with Gasteiger partial charge in [0.05, 0.1) is 19.3 Å². The van der Waals surface area contributed by atoms with Crippen molar-refractivity contribution in [1.29, 1.82) is 0 Å². The predicted octanol–water partition coefficient (Wildman–Crippen LogP) is -0.354. The van der Waals surface area contributed by atoms with Crippen LogP contribution in [-0.2, 0) is 9.53 Å². The number of primary amides is 1. The van der Waals surface area contributed by atoms with Crippen molar-refractivity contribution in [3.05, 3.63) is 0 Å². The number of nitrogens with two attached hydrogens (primary N) is 1. The smallest absolute Gasteiger partial charge is 0.246 e. The normalized spacial score (nSPS) is 16.1. The molecule has 0 saturated carbocycles. The largest absolute Gasteiger partial charge is 0.391 e. The molecule has 5 nitrogen and oxygen atoms in total. The molecule has 2 atom stereocenters. The molecule has 90 valence electrons. The SMILES string of the molecule is CCC(O)COCC(C)(C)C(O)C(N)=O. The number of carbonyl (C=O) groups is 1. The first-order valence-electron chi connectivity index (χ1n) is 5.04. The lowest BCUT2D eigenvalue weighted by molar-refractivity contribution is -0.135. The number of hydrogen-bond acceptors (Lipinski definition) is 4. The van der Waals surface area contributed by atoms with Crippen LogP contribution in [0.15, 0.2) is 0 Å². The molecule has 0 heterocycles. The molecule has 15 heavy (non-hydrogen) atoms. The maximum atomic E-state index is 10.8. The zero-order valence-electron chi connectivity index (χ0n) is 9.56. The number of rotatable bonds is 7. The summed E-state index contributed by atoms with van der Waals surface area (Å²) in [7, 11) is 0. The summed E-state index contributed by atoms with van der Waals surface area (Å²) in [6.45, 7) is 5.58. The van der Waals surface area contributed by atoms with Gasteiger partial charge in [0.15, 0.2) is 0 Å². The van der Waals surface area contributed by atoms with Crippen molar-refractivity contribution in [3.63, 3.8) is 0 Å². The molecule has 0 aliphatic heterocycles. The molecule has 1 amide bonds. The van der Waals surface area contributed by atoms with E-state index in [0.29, 0.717) is 6.42 Å². The Hall–Kier alpha value is -0.650. The van der Waals surface area contributed by atoms with E-state index in [1.165, 1.54) is 0 Å². The molecular weight excluding hydrogens is 198 g/mol. The van der Waals surface area contributed by atoms with Crippen molar-refractivity contribution >= 4 is 5.91 Å². The second kappa shape index (κ2) is 6.05.